The molecular weight excluding hydrogens is 220 g/mol. The van der Waals surface area contributed by atoms with Crippen LogP contribution in [-0.4, -0.2) is 24.0 Å². The lowest BCUT2D eigenvalue weighted by molar-refractivity contribution is 0.159. The Morgan fingerprint density at radius 3 is 2.28 bits per heavy atom. The van der Waals surface area contributed by atoms with Crippen LogP contribution in [0.2, 0.25) is 0 Å². The molecule has 100 valence electrons. The second kappa shape index (κ2) is 5.85. The van der Waals surface area contributed by atoms with Crippen molar-refractivity contribution < 1.29 is 0 Å². The fourth-order valence-corrected chi connectivity index (χ4v) is 2.76. The Morgan fingerprint density at radius 1 is 1.11 bits per heavy atom. The number of likely N-dealkylation sites (tertiary alicyclic amines) is 1. The average molecular weight is 246 g/mol. The molecule has 0 radical (unpaired) electrons. The lowest BCUT2D eigenvalue weighted by atomic mass is 9.97. The van der Waals surface area contributed by atoms with E-state index >= 15 is 0 Å². The van der Waals surface area contributed by atoms with E-state index in [9.17, 15) is 0 Å². The molecule has 1 aromatic carbocycles. The summed E-state index contributed by atoms with van der Waals surface area (Å²) in [6, 6.07) is 9.93. The molecule has 18 heavy (non-hydrogen) atoms. The number of rotatable bonds is 3. The molecule has 2 heteroatoms. The summed E-state index contributed by atoms with van der Waals surface area (Å²) < 4.78 is 0. The Labute approximate surface area is 111 Å². The summed E-state index contributed by atoms with van der Waals surface area (Å²) in [4.78, 5) is 2.51. The number of hydrogen-bond acceptors (Lipinski definition) is 2. The maximum Gasteiger partial charge on any atom is 0.0320 e. The molecule has 1 saturated heterocycles. The third kappa shape index (κ3) is 3.12. The van der Waals surface area contributed by atoms with Gasteiger partial charge in [-0.3, -0.25) is 4.90 Å². The first-order valence-corrected chi connectivity index (χ1v) is 7.17. The first kappa shape index (κ1) is 13.6. The van der Waals surface area contributed by atoms with Gasteiger partial charge < -0.3 is 5.73 Å². The van der Waals surface area contributed by atoms with Gasteiger partial charge in [-0.15, -0.1) is 0 Å². The molecule has 1 heterocycles. The SMILES string of the molecule is CC(C)c1ccc(C(C)N2CCCC(N)C2)cc1. The van der Waals surface area contributed by atoms with Crippen LogP contribution in [0, 0.1) is 0 Å². The highest BCUT2D eigenvalue weighted by molar-refractivity contribution is 5.26. The van der Waals surface area contributed by atoms with Crippen LogP contribution in [0.15, 0.2) is 24.3 Å². The molecule has 1 aliphatic rings. The molecule has 0 bridgehead atoms. The quantitative estimate of drug-likeness (QED) is 0.886. The highest BCUT2D eigenvalue weighted by atomic mass is 15.2. The van der Waals surface area contributed by atoms with Gasteiger partial charge in [-0.1, -0.05) is 38.1 Å². The van der Waals surface area contributed by atoms with Crippen LogP contribution in [0.4, 0.5) is 0 Å². The van der Waals surface area contributed by atoms with Gasteiger partial charge in [0.2, 0.25) is 0 Å². The zero-order valence-corrected chi connectivity index (χ0v) is 11.9. The van der Waals surface area contributed by atoms with Gasteiger partial charge in [0.15, 0.2) is 0 Å². The molecule has 0 amide bonds. The van der Waals surface area contributed by atoms with Gasteiger partial charge in [0.05, 0.1) is 0 Å². The lowest BCUT2D eigenvalue weighted by Gasteiger charge is -2.35. The van der Waals surface area contributed by atoms with Crippen LogP contribution in [0.25, 0.3) is 0 Å². The van der Waals surface area contributed by atoms with E-state index in [1.54, 1.807) is 0 Å². The van der Waals surface area contributed by atoms with Crippen molar-refractivity contribution in [3.05, 3.63) is 35.4 Å². The maximum atomic E-state index is 6.06. The zero-order valence-electron chi connectivity index (χ0n) is 11.9. The van der Waals surface area contributed by atoms with Crippen LogP contribution in [0.5, 0.6) is 0 Å². The van der Waals surface area contributed by atoms with Crippen molar-refractivity contribution in [2.75, 3.05) is 13.1 Å². The van der Waals surface area contributed by atoms with Crippen LogP contribution in [-0.2, 0) is 0 Å². The first-order chi connectivity index (χ1) is 8.58. The van der Waals surface area contributed by atoms with E-state index in [4.69, 9.17) is 5.73 Å². The summed E-state index contributed by atoms with van der Waals surface area (Å²) in [5, 5.41) is 0. The lowest BCUT2D eigenvalue weighted by Crippen LogP contribution is -2.43. The summed E-state index contributed by atoms with van der Waals surface area (Å²) >= 11 is 0. The van der Waals surface area contributed by atoms with Gasteiger partial charge in [-0.2, -0.15) is 0 Å². The van der Waals surface area contributed by atoms with Crippen molar-refractivity contribution in [2.24, 2.45) is 5.73 Å². The zero-order chi connectivity index (χ0) is 13.1. The number of nitrogens with two attached hydrogens (primary N) is 1. The topological polar surface area (TPSA) is 29.3 Å². The van der Waals surface area contributed by atoms with Gasteiger partial charge in [0, 0.05) is 18.6 Å². The standard InChI is InChI=1S/C16H26N2/c1-12(2)14-6-8-15(9-7-14)13(3)18-10-4-5-16(17)11-18/h6-9,12-13,16H,4-5,10-11,17H2,1-3H3. The smallest absolute Gasteiger partial charge is 0.0320 e. The second-order valence-corrected chi connectivity index (χ2v) is 5.89. The van der Waals surface area contributed by atoms with Crippen molar-refractivity contribution in [1.29, 1.82) is 0 Å². The van der Waals surface area contributed by atoms with Crippen LogP contribution in [0.1, 0.15) is 56.7 Å². The predicted octanol–water partition coefficient (Wildman–Crippen LogP) is 3.29. The third-order valence-electron chi connectivity index (χ3n) is 4.12. The Balaban J connectivity index is 2.05. The Morgan fingerprint density at radius 2 is 1.72 bits per heavy atom. The minimum Gasteiger partial charge on any atom is -0.327 e. The second-order valence-electron chi connectivity index (χ2n) is 5.89. The van der Waals surface area contributed by atoms with Gasteiger partial charge in [0.1, 0.15) is 0 Å². The van der Waals surface area contributed by atoms with Crippen molar-refractivity contribution in [1.82, 2.24) is 4.90 Å². The van der Waals surface area contributed by atoms with E-state index in [1.165, 1.54) is 30.5 Å². The predicted molar refractivity (Wildman–Crippen MR) is 77.7 cm³/mol. The molecule has 1 fully saturated rings. The van der Waals surface area contributed by atoms with Crippen LogP contribution >= 0.6 is 0 Å². The molecule has 1 aromatic rings. The molecule has 0 aliphatic carbocycles. The molecule has 2 nitrogen and oxygen atoms in total. The van der Waals surface area contributed by atoms with Crippen molar-refractivity contribution in [3.63, 3.8) is 0 Å². The third-order valence-corrected chi connectivity index (χ3v) is 4.12. The highest BCUT2D eigenvalue weighted by Gasteiger charge is 2.22. The summed E-state index contributed by atoms with van der Waals surface area (Å²) in [7, 11) is 0. The van der Waals surface area contributed by atoms with E-state index in [1.807, 2.05) is 0 Å². The molecule has 2 rings (SSSR count). The maximum absolute atomic E-state index is 6.06. The largest absolute Gasteiger partial charge is 0.327 e. The summed E-state index contributed by atoms with van der Waals surface area (Å²) in [5.41, 5.74) is 8.89. The highest BCUT2D eigenvalue weighted by Crippen LogP contribution is 2.25. The van der Waals surface area contributed by atoms with Crippen molar-refractivity contribution in [2.45, 2.75) is 51.6 Å². The van der Waals surface area contributed by atoms with E-state index in [2.05, 4.69) is 49.9 Å². The van der Waals surface area contributed by atoms with Gasteiger partial charge in [0.25, 0.3) is 0 Å². The van der Waals surface area contributed by atoms with Crippen LogP contribution in [0.3, 0.4) is 0 Å². The van der Waals surface area contributed by atoms with Crippen LogP contribution < -0.4 is 5.73 Å². The first-order valence-electron chi connectivity index (χ1n) is 7.17. The van der Waals surface area contributed by atoms with Gasteiger partial charge >= 0.3 is 0 Å². The van der Waals surface area contributed by atoms with Crippen molar-refractivity contribution >= 4 is 0 Å². The summed E-state index contributed by atoms with van der Waals surface area (Å²) in [5.74, 6) is 0.609. The molecular formula is C16H26N2. The van der Waals surface area contributed by atoms with E-state index in [-0.39, 0.29) is 0 Å². The molecule has 0 saturated carbocycles. The average Bonchev–Trinajstić information content (AvgIpc) is 2.38. The van der Waals surface area contributed by atoms with Gasteiger partial charge in [-0.05, 0) is 43.4 Å². The van der Waals surface area contributed by atoms with Crippen molar-refractivity contribution in [3.8, 4) is 0 Å². The minimum atomic E-state index is 0.358. The fourth-order valence-electron chi connectivity index (χ4n) is 2.76. The minimum absolute atomic E-state index is 0.358. The summed E-state index contributed by atoms with van der Waals surface area (Å²) in [6.45, 7) is 8.99. The number of hydrogen-bond donors (Lipinski definition) is 1. The van der Waals surface area contributed by atoms with E-state index < -0.39 is 0 Å². The normalized spacial score (nSPS) is 23.3. The molecule has 0 aromatic heterocycles. The molecule has 1 aliphatic heterocycles. The molecule has 0 spiro atoms. The molecule has 2 atom stereocenters. The Kier molecular flexibility index (Phi) is 4.41. The Hall–Kier alpha value is -0.860. The Bertz CT molecular complexity index is 369. The fraction of sp³-hybridized carbons (Fsp3) is 0.625. The van der Waals surface area contributed by atoms with E-state index in [0.29, 0.717) is 18.0 Å². The number of piperidine rings is 1. The number of benzene rings is 1. The van der Waals surface area contributed by atoms with E-state index in [0.717, 1.165) is 6.54 Å². The summed E-state index contributed by atoms with van der Waals surface area (Å²) in [6.07, 6.45) is 2.41. The van der Waals surface area contributed by atoms with Gasteiger partial charge in [-0.25, -0.2) is 0 Å². The monoisotopic (exact) mass is 246 g/mol. The molecule has 2 unspecified atom stereocenters. The molecule has 2 N–H and O–H groups in total. The number of nitrogens with zero attached hydrogens (tertiary/aromatic N) is 1.